The highest BCUT2D eigenvalue weighted by Crippen LogP contribution is 2.09. The zero-order valence-electron chi connectivity index (χ0n) is 9.68. The molecule has 17 heavy (non-hydrogen) atoms. The predicted octanol–water partition coefficient (Wildman–Crippen LogP) is 3.43. The Kier molecular flexibility index (Phi) is 3.83. The first-order valence-electron chi connectivity index (χ1n) is 5.61. The molecule has 2 nitrogen and oxygen atoms in total. The molecule has 3 heteroatoms. The minimum absolute atomic E-state index is 0.652. The molecule has 0 fully saturated rings. The van der Waals surface area contributed by atoms with Crippen LogP contribution in [0.4, 0.5) is 5.69 Å². The number of pyridine rings is 1. The summed E-state index contributed by atoms with van der Waals surface area (Å²) in [5.41, 5.74) is 3.01. The molecule has 86 valence electrons. The summed E-state index contributed by atoms with van der Waals surface area (Å²) in [6.45, 7) is 2.11. The van der Waals surface area contributed by atoms with Crippen LogP contribution in [0, 0.1) is 0 Å². The highest BCUT2D eigenvalue weighted by Gasteiger charge is 2.02. The molecule has 0 bridgehead atoms. The topological polar surface area (TPSA) is 24.9 Å². The maximum atomic E-state index is 5.31. The van der Waals surface area contributed by atoms with Crippen molar-refractivity contribution in [1.82, 2.24) is 4.98 Å². The molecule has 0 atom stereocenters. The molecule has 0 spiro atoms. The minimum Gasteiger partial charge on any atom is -0.345 e. The second-order valence-corrected chi connectivity index (χ2v) is 4.13. The zero-order valence-corrected chi connectivity index (χ0v) is 10.5. The van der Waals surface area contributed by atoms with Crippen LogP contribution >= 0.6 is 12.2 Å². The van der Waals surface area contributed by atoms with Gasteiger partial charge in [-0.15, -0.1) is 0 Å². The molecule has 2 rings (SSSR count). The number of rotatable bonds is 3. The van der Waals surface area contributed by atoms with Crippen LogP contribution in [-0.4, -0.2) is 9.97 Å². The standard InChI is InChI=1S/C14H14N2S/c1-2-11-8-9-13(15-10-11)14(17)16-12-6-4-3-5-7-12/h3-10H,2H2,1H3,(H,16,17). The fourth-order valence-electron chi connectivity index (χ4n) is 1.48. The third-order valence-electron chi connectivity index (χ3n) is 2.50. The number of aryl methyl sites for hydroxylation is 1. The van der Waals surface area contributed by atoms with Gasteiger partial charge in [0.2, 0.25) is 0 Å². The van der Waals surface area contributed by atoms with Crippen molar-refractivity contribution in [2.75, 3.05) is 5.32 Å². The smallest absolute Gasteiger partial charge is 0.129 e. The van der Waals surface area contributed by atoms with E-state index in [2.05, 4.69) is 23.3 Å². The van der Waals surface area contributed by atoms with Gasteiger partial charge in [0, 0.05) is 11.9 Å². The largest absolute Gasteiger partial charge is 0.345 e. The van der Waals surface area contributed by atoms with Crippen LogP contribution in [0.5, 0.6) is 0 Å². The maximum Gasteiger partial charge on any atom is 0.129 e. The van der Waals surface area contributed by atoms with Gasteiger partial charge >= 0.3 is 0 Å². The molecule has 0 saturated heterocycles. The summed E-state index contributed by atoms with van der Waals surface area (Å²) in [5, 5.41) is 3.16. The van der Waals surface area contributed by atoms with Crippen LogP contribution in [0.25, 0.3) is 0 Å². The molecule has 1 aromatic carbocycles. The Morgan fingerprint density at radius 1 is 1.18 bits per heavy atom. The Bertz CT molecular complexity index is 491. The first-order valence-corrected chi connectivity index (χ1v) is 6.01. The Hall–Kier alpha value is -1.74. The average molecular weight is 242 g/mol. The van der Waals surface area contributed by atoms with E-state index in [1.165, 1.54) is 5.56 Å². The van der Waals surface area contributed by atoms with E-state index in [1.54, 1.807) is 0 Å². The summed E-state index contributed by atoms with van der Waals surface area (Å²) in [5.74, 6) is 0. The first-order chi connectivity index (χ1) is 8.29. The highest BCUT2D eigenvalue weighted by atomic mass is 32.1. The van der Waals surface area contributed by atoms with E-state index in [9.17, 15) is 0 Å². The van der Waals surface area contributed by atoms with Gasteiger partial charge in [-0.05, 0) is 30.2 Å². The van der Waals surface area contributed by atoms with E-state index in [-0.39, 0.29) is 0 Å². The summed E-state index contributed by atoms with van der Waals surface area (Å²) < 4.78 is 0. The van der Waals surface area contributed by atoms with Crippen LogP contribution in [0.2, 0.25) is 0 Å². The van der Waals surface area contributed by atoms with Gasteiger partial charge in [-0.3, -0.25) is 4.98 Å². The maximum absolute atomic E-state index is 5.31. The van der Waals surface area contributed by atoms with Crippen LogP contribution in [-0.2, 0) is 6.42 Å². The molecular weight excluding hydrogens is 228 g/mol. The average Bonchev–Trinajstić information content (AvgIpc) is 2.40. The number of nitrogens with zero attached hydrogens (tertiary/aromatic N) is 1. The molecule has 2 aromatic rings. The number of anilines is 1. The molecule has 0 aliphatic rings. The van der Waals surface area contributed by atoms with Crippen LogP contribution < -0.4 is 5.32 Å². The van der Waals surface area contributed by atoms with Gasteiger partial charge in [-0.25, -0.2) is 0 Å². The first kappa shape index (κ1) is 11.7. The monoisotopic (exact) mass is 242 g/mol. The molecule has 1 aromatic heterocycles. The van der Waals surface area contributed by atoms with Gasteiger partial charge in [-0.2, -0.15) is 0 Å². The van der Waals surface area contributed by atoms with Crippen molar-refractivity contribution in [3.8, 4) is 0 Å². The third kappa shape index (κ3) is 3.11. The molecule has 1 heterocycles. The van der Waals surface area contributed by atoms with E-state index in [0.717, 1.165) is 17.8 Å². The molecule has 0 saturated carbocycles. The Balaban J connectivity index is 2.09. The lowest BCUT2D eigenvalue weighted by molar-refractivity contribution is 1.10. The van der Waals surface area contributed by atoms with Crippen molar-refractivity contribution in [3.63, 3.8) is 0 Å². The molecule has 0 amide bonds. The Labute approximate surface area is 107 Å². The second-order valence-electron chi connectivity index (χ2n) is 3.73. The van der Waals surface area contributed by atoms with Gasteiger partial charge in [0.05, 0.1) is 5.69 Å². The predicted molar refractivity (Wildman–Crippen MR) is 75.4 cm³/mol. The Morgan fingerprint density at radius 2 is 1.94 bits per heavy atom. The van der Waals surface area contributed by atoms with Crippen molar-refractivity contribution in [2.24, 2.45) is 0 Å². The lowest BCUT2D eigenvalue weighted by Gasteiger charge is -2.07. The fourth-order valence-corrected chi connectivity index (χ4v) is 1.72. The number of nitrogens with one attached hydrogen (secondary N) is 1. The Morgan fingerprint density at radius 3 is 2.53 bits per heavy atom. The summed E-state index contributed by atoms with van der Waals surface area (Å²) >= 11 is 5.31. The van der Waals surface area contributed by atoms with Crippen molar-refractivity contribution >= 4 is 22.9 Å². The molecular formula is C14H14N2S. The molecule has 1 N–H and O–H groups in total. The van der Waals surface area contributed by atoms with Crippen LogP contribution in [0.3, 0.4) is 0 Å². The van der Waals surface area contributed by atoms with Crippen LogP contribution in [0.15, 0.2) is 48.7 Å². The van der Waals surface area contributed by atoms with Crippen molar-refractivity contribution < 1.29 is 0 Å². The summed E-state index contributed by atoms with van der Waals surface area (Å²) in [6.07, 6.45) is 2.86. The van der Waals surface area contributed by atoms with E-state index in [1.807, 2.05) is 42.6 Å². The van der Waals surface area contributed by atoms with Gasteiger partial charge in [0.15, 0.2) is 0 Å². The van der Waals surface area contributed by atoms with Crippen molar-refractivity contribution in [1.29, 1.82) is 0 Å². The number of hydrogen-bond acceptors (Lipinski definition) is 2. The summed E-state index contributed by atoms with van der Waals surface area (Å²) in [6, 6.07) is 13.9. The normalized spacial score (nSPS) is 9.94. The van der Waals surface area contributed by atoms with E-state index in [4.69, 9.17) is 12.2 Å². The molecule has 0 unspecified atom stereocenters. The minimum atomic E-state index is 0.652. The van der Waals surface area contributed by atoms with Crippen LogP contribution in [0.1, 0.15) is 18.2 Å². The van der Waals surface area contributed by atoms with Crippen molar-refractivity contribution in [2.45, 2.75) is 13.3 Å². The molecule has 0 aliphatic heterocycles. The number of benzene rings is 1. The fraction of sp³-hybridized carbons (Fsp3) is 0.143. The quantitative estimate of drug-likeness (QED) is 0.835. The van der Waals surface area contributed by atoms with Gasteiger partial charge in [0.25, 0.3) is 0 Å². The lowest BCUT2D eigenvalue weighted by atomic mass is 10.2. The zero-order chi connectivity index (χ0) is 12.1. The van der Waals surface area contributed by atoms with Gasteiger partial charge < -0.3 is 5.32 Å². The van der Waals surface area contributed by atoms with Crippen molar-refractivity contribution in [3.05, 3.63) is 59.9 Å². The number of thiocarbonyl (C=S) groups is 1. The SMILES string of the molecule is CCc1ccc(C(=S)Nc2ccccc2)nc1. The summed E-state index contributed by atoms with van der Waals surface area (Å²) in [7, 11) is 0. The third-order valence-corrected chi connectivity index (χ3v) is 2.81. The van der Waals surface area contributed by atoms with E-state index >= 15 is 0 Å². The van der Waals surface area contributed by atoms with E-state index < -0.39 is 0 Å². The second kappa shape index (κ2) is 5.55. The van der Waals surface area contributed by atoms with Gasteiger partial charge in [0.1, 0.15) is 4.99 Å². The number of para-hydroxylation sites is 1. The highest BCUT2D eigenvalue weighted by molar-refractivity contribution is 7.81. The molecule has 0 radical (unpaired) electrons. The lowest BCUT2D eigenvalue weighted by Crippen LogP contribution is -2.12. The number of hydrogen-bond donors (Lipinski definition) is 1. The summed E-state index contributed by atoms with van der Waals surface area (Å²) in [4.78, 5) is 4.99. The van der Waals surface area contributed by atoms with Gasteiger partial charge in [-0.1, -0.05) is 43.4 Å². The van der Waals surface area contributed by atoms with E-state index in [0.29, 0.717) is 4.99 Å². The number of aromatic nitrogens is 1. The molecule has 0 aliphatic carbocycles.